The maximum Gasteiger partial charge on any atom is 0.348 e. The molecule has 1 saturated carbocycles. The van der Waals surface area contributed by atoms with Gasteiger partial charge < -0.3 is 9.84 Å². The Kier molecular flexibility index (Phi) is 4.46. The number of rotatable bonds is 8. The van der Waals surface area contributed by atoms with Gasteiger partial charge in [-0.1, -0.05) is 38.0 Å². The molecule has 1 atom stereocenters. The lowest BCUT2D eigenvalue weighted by molar-refractivity contribution is -0.158. The van der Waals surface area contributed by atoms with E-state index in [9.17, 15) is 9.90 Å². The molecule has 0 aromatic heterocycles. The molecule has 1 aliphatic carbocycles. The average molecular weight is 262 g/mol. The Balaban J connectivity index is 2.15. The zero-order valence-corrected chi connectivity index (χ0v) is 11.5. The van der Waals surface area contributed by atoms with E-state index in [2.05, 4.69) is 6.92 Å². The summed E-state index contributed by atoms with van der Waals surface area (Å²) in [5, 5.41) is 9.67. The first-order valence-corrected chi connectivity index (χ1v) is 7.16. The monoisotopic (exact) mass is 262 g/mol. The lowest BCUT2D eigenvalue weighted by atomic mass is 9.90. The topological polar surface area (TPSA) is 46.5 Å². The number of aliphatic carboxylic acids is 1. The molecule has 1 N–H and O–H groups in total. The Morgan fingerprint density at radius 2 is 2.00 bits per heavy atom. The molecule has 0 bridgehead atoms. The SMILES string of the molecule is CCCCCC(Oc1ccccc1)(C(=O)O)C1CC1. The molecule has 0 spiro atoms. The second-order valence-corrected chi connectivity index (χ2v) is 5.34. The van der Waals surface area contributed by atoms with Gasteiger partial charge in [-0.05, 0) is 37.8 Å². The van der Waals surface area contributed by atoms with Crippen LogP contribution in [-0.2, 0) is 4.79 Å². The molecule has 3 heteroatoms. The van der Waals surface area contributed by atoms with E-state index in [-0.39, 0.29) is 5.92 Å². The molecule has 0 aliphatic heterocycles. The van der Waals surface area contributed by atoms with Gasteiger partial charge in [0, 0.05) is 5.92 Å². The van der Waals surface area contributed by atoms with Crippen molar-refractivity contribution in [1.29, 1.82) is 0 Å². The average Bonchev–Trinajstić information content (AvgIpc) is 3.23. The van der Waals surface area contributed by atoms with Crippen molar-refractivity contribution in [3.63, 3.8) is 0 Å². The van der Waals surface area contributed by atoms with Gasteiger partial charge in [-0.3, -0.25) is 0 Å². The molecule has 1 fully saturated rings. The number of unbranched alkanes of at least 4 members (excludes halogenated alkanes) is 2. The van der Waals surface area contributed by atoms with Gasteiger partial charge in [0.2, 0.25) is 5.60 Å². The van der Waals surface area contributed by atoms with Crippen LogP contribution in [0.2, 0.25) is 0 Å². The first-order chi connectivity index (χ1) is 9.19. The van der Waals surface area contributed by atoms with Gasteiger partial charge in [-0.25, -0.2) is 4.79 Å². The van der Waals surface area contributed by atoms with Crippen LogP contribution < -0.4 is 4.74 Å². The fourth-order valence-corrected chi connectivity index (χ4v) is 2.55. The summed E-state index contributed by atoms with van der Waals surface area (Å²) in [4.78, 5) is 11.8. The molecule has 1 aromatic rings. The summed E-state index contributed by atoms with van der Waals surface area (Å²) in [5.74, 6) is 0.0188. The van der Waals surface area contributed by atoms with Gasteiger partial charge in [0.05, 0.1) is 0 Å². The quantitative estimate of drug-likeness (QED) is 0.723. The number of benzene rings is 1. The number of carbonyl (C=O) groups is 1. The molecule has 1 aromatic carbocycles. The van der Waals surface area contributed by atoms with E-state index in [0.29, 0.717) is 12.2 Å². The van der Waals surface area contributed by atoms with Gasteiger partial charge in [0.25, 0.3) is 0 Å². The summed E-state index contributed by atoms with van der Waals surface area (Å²) < 4.78 is 5.93. The number of para-hydroxylation sites is 1. The predicted octanol–water partition coefficient (Wildman–Crippen LogP) is 3.88. The van der Waals surface area contributed by atoms with Crippen LogP contribution in [0.25, 0.3) is 0 Å². The van der Waals surface area contributed by atoms with Crippen molar-refractivity contribution in [2.75, 3.05) is 0 Å². The zero-order chi connectivity index (χ0) is 13.7. The van der Waals surface area contributed by atoms with Crippen molar-refractivity contribution >= 4 is 5.97 Å². The third kappa shape index (κ3) is 3.28. The third-order valence-corrected chi connectivity index (χ3v) is 3.79. The summed E-state index contributed by atoms with van der Waals surface area (Å²) >= 11 is 0. The summed E-state index contributed by atoms with van der Waals surface area (Å²) in [6.45, 7) is 2.12. The molecular formula is C16H22O3. The van der Waals surface area contributed by atoms with E-state index in [0.717, 1.165) is 32.1 Å². The first-order valence-electron chi connectivity index (χ1n) is 7.16. The summed E-state index contributed by atoms with van der Waals surface area (Å²) in [5.41, 5.74) is -1.02. The van der Waals surface area contributed by atoms with Gasteiger partial charge in [0.15, 0.2) is 0 Å². The summed E-state index contributed by atoms with van der Waals surface area (Å²) in [6, 6.07) is 9.32. The normalized spacial score (nSPS) is 17.7. The van der Waals surface area contributed by atoms with E-state index in [1.807, 2.05) is 30.3 Å². The lowest BCUT2D eigenvalue weighted by Gasteiger charge is -2.30. The molecule has 3 nitrogen and oxygen atoms in total. The molecule has 1 unspecified atom stereocenters. The van der Waals surface area contributed by atoms with E-state index in [4.69, 9.17) is 4.74 Å². The van der Waals surface area contributed by atoms with Crippen LogP contribution in [0.5, 0.6) is 5.75 Å². The Bertz CT molecular complexity index is 411. The predicted molar refractivity (Wildman–Crippen MR) is 74.3 cm³/mol. The number of ether oxygens (including phenoxy) is 1. The number of carboxylic acid groups (broad SMARTS) is 1. The minimum absolute atomic E-state index is 0.169. The minimum atomic E-state index is -1.02. The fraction of sp³-hybridized carbons (Fsp3) is 0.562. The first kappa shape index (κ1) is 13.9. The van der Waals surface area contributed by atoms with Crippen LogP contribution >= 0.6 is 0 Å². The smallest absolute Gasteiger partial charge is 0.348 e. The minimum Gasteiger partial charge on any atom is -0.478 e. The maximum absolute atomic E-state index is 11.8. The van der Waals surface area contributed by atoms with Crippen LogP contribution in [0.15, 0.2) is 30.3 Å². The Labute approximate surface area is 114 Å². The molecular weight excluding hydrogens is 240 g/mol. The molecule has 1 aliphatic rings. The number of carboxylic acids is 1. The molecule has 0 heterocycles. The molecule has 0 radical (unpaired) electrons. The molecule has 0 amide bonds. The van der Waals surface area contributed by atoms with Gasteiger partial charge in [-0.2, -0.15) is 0 Å². The van der Waals surface area contributed by atoms with Crippen LogP contribution in [0.4, 0.5) is 0 Å². The molecule has 104 valence electrons. The van der Waals surface area contributed by atoms with E-state index in [1.54, 1.807) is 0 Å². The van der Waals surface area contributed by atoms with Crippen molar-refractivity contribution in [1.82, 2.24) is 0 Å². The van der Waals surface area contributed by atoms with Crippen molar-refractivity contribution in [3.8, 4) is 5.75 Å². The Morgan fingerprint density at radius 1 is 1.32 bits per heavy atom. The summed E-state index contributed by atoms with van der Waals surface area (Å²) in [6.07, 6.45) is 5.59. The highest BCUT2D eigenvalue weighted by molar-refractivity contribution is 5.79. The highest BCUT2D eigenvalue weighted by atomic mass is 16.5. The van der Waals surface area contributed by atoms with Crippen molar-refractivity contribution in [2.45, 2.75) is 51.0 Å². The van der Waals surface area contributed by atoms with Crippen molar-refractivity contribution in [2.24, 2.45) is 5.92 Å². The van der Waals surface area contributed by atoms with Crippen LogP contribution in [-0.4, -0.2) is 16.7 Å². The molecule has 2 rings (SSSR count). The third-order valence-electron chi connectivity index (χ3n) is 3.79. The van der Waals surface area contributed by atoms with Crippen molar-refractivity contribution < 1.29 is 14.6 Å². The van der Waals surface area contributed by atoms with E-state index < -0.39 is 11.6 Å². The van der Waals surface area contributed by atoms with Crippen LogP contribution in [0.3, 0.4) is 0 Å². The van der Waals surface area contributed by atoms with Gasteiger partial charge in [-0.15, -0.1) is 0 Å². The van der Waals surface area contributed by atoms with Gasteiger partial charge in [0.1, 0.15) is 5.75 Å². The molecule has 19 heavy (non-hydrogen) atoms. The maximum atomic E-state index is 11.8. The highest BCUT2D eigenvalue weighted by Crippen LogP contribution is 2.45. The van der Waals surface area contributed by atoms with E-state index >= 15 is 0 Å². The van der Waals surface area contributed by atoms with Gasteiger partial charge >= 0.3 is 5.97 Å². The molecule has 0 saturated heterocycles. The second kappa shape index (κ2) is 6.09. The Morgan fingerprint density at radius 3 is 2.53 bits per heavy atom. The van der Waals surface area contributed by atoms with Crippen LogP contribution in [0.1, 0.15) is 45.4 Å². The number of hydrogen-bond acceptors (Lipinski definition) is 2. The zero-order valence-electron chi connectivity index (χ0n) is 11.5. The number of hydrogen-bond donors (Lipinski definition) is 1. The summed E-state index contributed by atoms with van der Waals surface area (Å²) in [7, 11) is 0. The fourth-order valence-electron chi connectivity index (χ4n) is 2.55. The standard InChI is InChI=1S/C16H22O3/c1-2-3-7-12-16(15(17)18,13-10-11-13)19-14-8-5-4-6-9-14/h4-6,8-9,13H,2-3,7,10-12H2,1H3,(H,17,18). The Hall–Kier alpha value is -1.51. The lowest BCUT2D eigenvalue weighted by Crippen LogP contribution is -2.47. The largest absolute Gasteiger partial charge is 0.478 e. The van der Waals surface area contributed by atoms with E-state index in [1.165, 1.54) is 0 Å². The van der Waals surface area contributed by atoms with Crippen molar-refractivity contribution in [3.05, 3.63) is 30.3 Å². The second-order valence-electron chi connectivity index (χ2n) is 5.34. The highest BCUT2D eigenvalue weighted by Gasteiger charge is 2.53. The van der Waals surface area contributed by atoms with Crippen LogP contribution in [0, 0.1) is 5.92 Å².